The maximum Gasteiger partial charge on any atom is 0.0734 e. The summed E-state index contributed by atoms with van der Waals surface area (Å²) >= 11 is 0. The number of hydrogen-bond acceptors (Lipinski definition) is 2. The number of aliphatic hydroxyl groups is 2. The van der Waals surface area contributed by atoms with E-state index < -0.39 is 11.7 Å². The van der Waals surface area contributed by atoms with Gasteiger partial charge >= 0.3 is 0 Å². The highest BCUT2D eigenvalue weighted by Crippen LogP contribution is 2.33. The molecule has 0 rings (SSSR count). The Kier molecular flexibility index (Phi) is 6.86. The van der Waals surface area contributed by atoms with E-state index in [-0.39, 0.29) is 5.92 Å². The summed E-state index contributed by atoms with van der Waals surface area (Å²) in [7, 11) is 0. The summed E-state index contributed by atoms with van der Waals surface area (Å²) in [6.45, 7) is 9.59. The monoisotopic (exact) mass is 214 g/mol. The molecule has 0 saturated heterocycles. The highest BCUT2D eigenvalue weighted by molar-refractivity contribution is 4.93. The van der Waals surface area contributed by atoms with Crippen LogP contribution in [0.5, 0.6) is 0 Å². The van der Waals surface area contributed by atoms with Crippen LogP contribution in [0.4, 0.5) is 0 Å². The van der Waals surface area contributed by atoms with Crippen LogP contribution in [0, 0.1) is 5.92 Å². The molecule has 0 bridgehead atoms. The van der Waals surface area contributed by atoms with Gasteiger partial charge in [-0.3, -0.25) is 0 Å². The van der Waals surface area contributed by atoms with Crippen molar-refractivity contribution >= 4 is 0 Å². The fraction of sp³-hybridized carbons (Fsp3) is 0.846. The molecule has 2 nitrogen and oxygen atoms in total. The predicted octanol–water partition coefficient (Wildman–Crippen LogP) is 2.89. The number of hydrogen-bond donors (Lipinski definition) is 2. The van der Waals surface area contributed by atoms with Gasteiger partial charge in [0.25, 0.3) is 0 Å². The van der Waals surface area contributed by atoms with E-state index in [2.05, 4.69) is 20.4 Å². The molecule has 0 aromatic heterocycles. The molecule has 0 fully saturated rings. The van der Waals surface area contributed by atoms with Gasteiger partial charge < -0.3 is 10.2 Å². The van der Waals surface area contributed by atoms with E-state index >= 15 is 0 Å². The minimum atomic E-state index is -0.777. The summed E-state index contributed by atoms with van der Waals surface area (Å²) in [6.07, 6.45) is 5.37. The molecule has 15 heavy (non-hydrogen) atoms. The molecular formula is C13H26O2. The normalized spacial score (nSPS) is 19.3. The Labute approximate surface area is 94.0 Å². The van der Waals surface area contributed by atoms with Crippen molar-refractivity contribution < 1.29 is 10.2 Å². The third-order valence-electron chi connectivity index (χ3n) is 3.05. The van der Waals surface area contributed by atoms with Crippen molar-refractivity contribution in [1.82, 2.24) is 0 Å². The first-order valence-corrected chi connectivity index (χ1v) is 6.03. The smallest absolute Gasteiger partial charge is 0.0734 e. The molecule has 3 unspecified atom stereocenters. The lowest BCUT2D eigenvalue weighted by atomic mass is 9.76. The zero-order valence-electron chi connectivity index (χ0n) is 10.4. The minimum Gasteiger partial charge on any atom is -0.393 e. The van der Waals surface area contributed by atoms with Crippen molar-refractivity contribution in [2.24, 2.45) is 5.92 Å². The molecule has 0 saturated carbocycles. The molecule has 0 aliphatic heterocycles. The molecule has 0 aromatic rings. The molecule has 3 atom stereocenters. The molecule has 0 aliphatic rings. The molecular weight excluding hydrogens is 188 g/mol. The zero-order chi connectivity index (χ0) is 11.9. The van der Waals surface area contributed by atoms with E-state index in [1.807, 2.05) is 0 Å². The maximum atomic E-state index is 10.5. The van der Waals surface area contributed by atoms with Gasteiger partial charge in [-0.1, -0.05) is 32.8 Å². The van der Waals surface area contributed by atoms with Crippen LogP contribution in [0.25, 0.3) is 0 Å². The van der Waals surface area contributed by atoms with E-state index in [1.54, 1.807) is 13.0 Å². The lowest BCUT2D eigenvalue weighted by Crippen LogP contribution is -2.43. The van der Waals surface area contributed by atoms with Crippen LogP contribution < -0.4 is 0 Å². The molecule has 90 valence electrons. The molecule has 0 spiro atoms. The Morgan fingerprint density at radius 3 is 2.27 bits per heavy atom. The topological polar surface area (TPSA) is 40.5 Å². The van der Waals surface area contributed by atoms with Crippen molar-refractivity contribution in [2.45, 2.75) is 64.6 Å². The highest BCUT2D eigenvalue weighted by atomic mass is 16.3. The van der Waals surface area contributed by atoms with Gasteiger partial charge in [0.2, 0.25) is 0 Å². The quantitative estimate of drug-likeness (QED) is 0.610. The van der Waals surface area contributed by atoms with E-state index in [0.717, 1.165) is 25.7 Å². The molecule has 0 heterocycles. The largest absolute Gasteiger partial charge is 0.393 e. The van der Waals surface area contributed by atoms with Crippen LogP contribution in [-0.4, -0.2) is 21.9 Å². The summed E-state index contributed by atoms with van der Waals surface area (Å²) < 4.78 is 0. The van der Waals surface area contributed by atoms with Crippen LogP contribution in [0.3, 0.4) is 0 Å². The summed E-state index contributed by atoms with van der Waals surface area (Å²) in [4.78, 5) is 0. The maximum absolute atomic E-state index is 10.5. The Bertz CT molecular complexity index is 177. The zero-order valence-corrected chi connectivity index (χ0v) is 10.4. The lowest BCUT2D eigenvalue weighted by Gasteiger charge is -2.37. The molecule has 0 aromatic carbocycles. The van der Waals surface area contributed by atoms with Crippen LogP contribution in [0.15, 0.2) is 12.7 Å². The first-order chi connectivity index (χ1) is 7.01. The Hall–Kier alpha value is -0.340. The van der Waals surface area contributed by atoms with Gasteiger partial charge in [0.15, 0.2) is 0 Å². The fourth-order valence-corrected chi connectivity index (χ4v) is 2.39. The molecule has 0 aliphatic carbocycles. The van der Waals surface area contributed by atoms with Gasteiger partial charge in [-0.2, -0.15) is 0 Å². The van der Waals surface area contributed by atoms with Gasteiger partial charge in [0.05, 0.1) is 11.7 Å². The second-order valence-electron chi connectivity index (χ2n) is 4.48. The van der Waals surface area contributed by atoms with Crippen LogP contribution >= 0.6 is 0 Å². The SMILES string of the molecule is C=CCC(O)(CCC)C(CCC)C(C)O. The molecule has 0 radical (unpaired) electrons. The van der Waals surface area contributed by atoms with Crippen molar-refractivity contribution in [2.75, 3.05) is 0 Å². The standard InChI is InChI=1S/C13H26O2/c1-5-8-12(11(4)14)13(15,9-6-2)10-7-3/h6,11-12,14-15H,2,5,7-10H2,1,3-4H3. The summed E-state index contributed by atoms with van der Waals surface area (Å²) in [5.41, 5.74) is -0.777. The van der Waals surface area contributed by atoms with E-state index in [4.69, 9.17) is 0 Å². The third kappa shape index (κ3) is 4.35. The Balaban J connectivity index is 4.71. The van der Waals surface area contributed by atoms with Crippen molar-refractivity contribution in [1.29, 1.82) is 0 Å². The van der Waals surface area contributed by atoms with Crippen molar-refractivity contribution in [3.63, 3.8) is 0 Å². The van der Waals surface area contributed by atoms with Crippen LogP contribution in [-0.2, 0) is 0 Å². The van der Waals surface area contributed by atoms with Crippen LogP contribution in [0.1, 0.15) is 52.9 Å². The Morgan fingerprint density at radius 2 is 1.93 bits per heavy atom. The van der Waals surface area contributed by atoms with Crippen molar-refractivity contribution in [3.05, 3.63) is 12.7 Å². The lowest BCUT2D eigenvalue weighted by molar-refractivity contribution is -0.0739. The minimum absolute atomic E-state index is 0.0413. The van der Waals surface area contributed by atoms with Gasteiger partial charge in [-0.25, -0.2) is 0 Å². The van der Waals surface area contributed by atoms with Gasteiger partial charge in [0.1, 0.15) is 0 Å². The van der Waals surface area contributed by atoms with E-state index in [0.29, 0.717) is 6.42 Å². The van der Waals surface area contributed by atoms with E-state index in [1.165, 1.54) is 0 Å². The van der Waals surface area contributed by atoms with Gasteiger partial charge in [-0.15, -0.1) is 6.58 Å². The third-order valence-corrected chi connectivity index (χ3v) is 3.05. The second kappa shape index (κ2) is 7.02. The average Bonchev–Trinajstić information content (AvgIpc) is 2.14. The summed E-state index contributed by atoms with van der Waals surface area (Å²) in [6, 6.07) is 0. The fourth-order valence-electron chi connectivity index (χ4n) is 2.39. The second-order valence-corrected chi connectivity index (χ2v) is 4.48. The van der Waals surface area contributed by atoms with Crippen molar-refractivity contribution in [3.8, 4) is 0 Å². The first-order valence-electron chi connectivity index (χ1n) is 6.03. The number of rotatable bonds is 8. The first kappa shape index (κ1) is 14.7. The van der Waals surface area contributed by atoms with E-state index in [9.17, 15) is 10.2 Å². The van der Waals surface area contributed by atoms with Gasteiger partial charge in [0, 0.05) is 5.92 Å². The summed E-state index contributed by atoms with van der Waals surface area (Å²) in [5, 5.41) is 20.3. The van der Waals surface area contributed by atoms with Crippen LogP contribution in [0.2, 0.25) is 0 Å². The number of aliphatic hydroxyl groups excluding tert-OH is 1. The molecule has 2 heteroatoms. The Morgan fingerprint density at radius 1 is 1.33 bits per heavy atom. The van der Waals surface area contributed by atoms with Gasteiger partial charge in [-0.05, 0) is 26.2 Å². The predicted molar refractivity (Wildman–Crippen MR) is 64.8 cm³/mol. The average molecular weight is 214 g/mol. The molecule has 0 amide bonds. The molecule has 2 N–H and O–H groups in total. The summed E-state index contributed by atoms with van der Waals surface area (Å²) in [5.74, 6) is -0.0413. The highest BCUT2D eigenvalue weighted by Gasteiger charge is 2.36.